The molecule has 1 aliphatic rings. The van der Waals surface area contributed by atoms with Gasteiger partial charge in [0.05, 0.1) is 11.5 Å². The molecule has 1 amide bonds. The van der Waals surface area contributed by atoms with Gasteiger partial charge in [-0.15, -0.1) is 0 Å². The second kappa shape index (κ2) is 9.14. The molecule has 1 aromatic carbocycles. The van der Waals surface area contributed by atoms with E-state index < -0.39 is 23.4 Å². The minimum Gasteiger partial charge on any atom is -0.480 e. The minimum absolute atomic E-state index is 0.0458. The minimum atomic E-state index is -1.09. The average Bonchev–Trinajstić information content (AvgIpc) is 2.61. The number of nitrogens with zero attached hydrogens (tertiary/aromatic N) is 2. The molecular weight excluding hydrogens is 342 g/mol. The Kier molecular flexibility index (Phi) is 6.90. The molecule has 0 atom stereocenters. The first-order valence-corrected chi connectivity index (χ1v) is 8.49. The fourth-order valence-electron chi connectivity index (χ4n) is 2.83. The van der Waals surface area contributed by atoms with Crippen LogP contribution in [0.3, 0.4) is 0 Å². The first-order chi connectivity index (χ1) is 12.4. The molecule has 0 spiro atoms. The Hall–Kier alpha value is -2.68. The van der Waals surface area contributed by atoms with Gasteiger partial charge in [-0.2, -0.15) is 0 Å². The predicted octanol–water partition coefficient (Wildman–Crippen LogP) is 1.66. The number of carbonyl (C=O) groups is 2. The van der Waals surface area contributed by atoms with Crippen LogP contribution in [0.1, 0.15) is 30.1 Å². The average molecular weight is 365 g/mol. The van der Waals surface area contributed by atoms with Gasteiger partial charge >= 0.3 is 5.97 Å². The van der Waals surface area contributed by atoms with Gasteiger partial charge in [0, 0.05) is 31.3 Å². The van der Waals surface area contributed by atoms with Crippen molar-refractivity contribution < 1.29 is 24.4 Å². The topological polar surface area (TPSA) is 122 Å². The molecule has 0 unspecified atom stereocenters. The third-order valence-corrected chi connectivity index (χ3v) is 4.32. The molecule has 0 saturated carbocycles. The normalized spacial score (nSPS) is 14.9. The van der Waals surface area contributed by atoms with Gasteiger partial charge in [-0.1, -0.05) is 6.92 Å². The Morgan fingerprint density at radius 1 is 1.38 bits per heavy atom. The third kappa shape index (κ3) is 5.41. The molecule has 1 fully saturated rings. The summed E-state index contributed by atoms with van der Waals surface area (Å²) in [5.74, 6) is -0.945. The van der Waals surface area contributed by atoms with E-state index in [0.29, 0.717) is 11.6 Å². The van der Waals surface area contributed by atoms with Gasteiger partial charge in [-0.05, 0) is 30.9 Å². The van der Waals surface area contributed by atoms with E-state index >= 15 is 0 Å². The second-order valence-electron chi connectivity index (χ2n) is 6.33. The molecule has 9 heteroatoms. The number of amides is 1. The zero-order chi connectivity index (χ0) is 19.1. The lowest BCUT2D eigenvalue weighted by atomic mass is 9.98. The van der Waals surface area contributed by atoms with Crippen molar-refractivity contribution in [3.8, 4) is 0 Å². The lowest BCUT2D eigenvalue weighted by Crippen LogP contribution is -2.33. The smallest absolute Gasteiger partial charge is 0.329 e. The van der Waals surface area contributed by atoms with E-state index in [9.17, 15) is 19.7 Å². The molecule has 0 aromatic heterocycles. The first kappa shape index (κ1) is 19.6. The van der Waals surface area contributed by atoms with Gasteiger partial charge in [0.15, 0.2) is 0 Å². The van der Waals surface area contributed by atoms with Gasteiger partial charge in [-0.25, -0.2) is 4.79 Å². The van der Waals surface area contributed by atoms with Gasteiger partial charge in [0.1, 0.15) is 12.3 Å². The van der Waals surface area contributed by atoms with E-state index in [1.54, 1.807) is 12.1 Å². The number of hydrogen-bond donors (Lipinski definition) is 2. The number of nitro benzene ring substituents is 1. The van der Waals surface area contributed by atoms with Crippen molar-refractivity contribution in [2.45, 2.75) is 19.8 Å². The summed E-state index contributed by atoms with van der Waals surface area (Å²) in [4.78, 5) is 35.4. The Bertz CT molecular complexity index is 670. The Morgan fingerprint density at radius 2 is 2.08 bits per heavy atom. The van der Waals surface area contributed by atoms with Crippen molar-refractivity contribution in [3.05, 3.63) is 33.9 Å². The molecule has 0 bridgehead atoms. The van der Waals surface area contributed by atoms with E-state index in [1.165, 1.54) is 6.07 Å². The molecule has 1 heterocycles. The zero-order valence-corrected chi connectivity index (χ0v) is 14.6. The number of nitro groups is 1. The molecule has 26 heavy (non-hydrogen) atoms. The molecular formula is C17H23N3O6. The fraction of sp³-hybridized carbons (Fsp3) is 0.529. The van der Waals surface area contributed by atoms with Crippen molar-refractivity contribution in [1.29, 1.82) is 0 Å². The van der Waals surface area contributed by atoms with Crippen molar-refractivity contribution in [3.63, 3.8) is 0 Å². The number of carboxylic acid groups (broad SMARTS) is 1. The maximum Gasteiger partial charge on any atom is 0.329 e. The van der Waals surface area contributed by atoms with E-state index in [-0.39, 0.29) is 24.4 Å². The summed E-state index contributed by atoms with van der Waals surface area (Å²) in [6.45, 7) is 3.41. The van der Waals surface area contributed by atoms with Crippen LogP contribution in [0, 0.1) is 16.0 Å². The zero-order valence-electron chi connectivity index (χ0n) is 14.6. The lowest BCUT2D eigenvalue weighted by Gasteiger charge is -2.31. The number of hydrogen-bond acceptors (Lipinski definition) is 6. The molecule has 142 valence electrons. The van der Waals surface area contributed by atoms with Crippen molar-refractivity contribution >= 4 is 23.3 Å². The molecule has 1 aromatic rings. The molecule has 2 rings (SSSR count). The van der Waals surface area contributed by atoms with Crippen molar-refractivity contribution in [2.24, 2.45) is 5.92 Å². The van der Waals surface area contributed by atoms with Crippen molar-refractivity contribution in [2.75, 3.05) is 37.7 Å². The summed E-state index contributed by atoms with van der Waals surface area (Å²) in [6.07, 6.45) is 1.96. The molecule has 1 saturated heterocycles. The fourth-order valence-corrected chi connectivity index (χ4v) is 2.83. The Balaban J connectivity index is 2.01. The van der Waals surface area contributed by atoms with Crippen LogP contribution in [0.15, 0.2) is 18.2 Å². The van der Waals surface area contributed by atoms with Crippen LogP contribution >= 0.6 is 0 Å². The predicted molar refractivity (Wildman–Crippen MR) is 94.5 cm³/mol. The monoisotopic (exact) mass is 365 g/mol. The van der Waals surface area contributed by atoms with Crippen LogP contribution in [0.2, 0.25) is 0 Å². The summed E-state index contributed by atoms with van der Waals surface area (Å²) < 4.78 is 4.82. The summed E-state index contributed by atoms with van der Waals surface area (Å²) >= 11 is 0. The summed E-state index contributed by atoms with van der Waals surface area (Å²) in [5.41, 5.74) is 0.627. The Labute approximate surface area is 151 Å². The maximum absolute atomic E-state index is 12.1. The number of carboxylic acids is 1. The molecule has 0 aliphatic carbocycles. The third-order valence-electron chi connectivity index (χ3n) is 4.32. The maximum atomic E-state index is 12.1. The number of carbonyl (C=O) groups excluding carboxylic acids is 1. The highest BCUT2D eigenvalue weighted by atomic mass is 16.6. The first-order valence-electron chi connectivity index (χ1n) is 8.49. The number of nitrogens with one attached hydrogen (secondary N) is 1. The lowest BCUT2D eigenvalue weighted by molar-refractivity contribution is -0.384. The van der Waals surface area contributed by atoms with Crippen molar-refractivity contribution in [1.82, 2.24) is 5.32 Å². The molecule has 2 N–H and O–H groups in total. The highest BCUT2D eigenvalue weighted by molar-refractivity contribution is 5.95. The van der Waals surface area contributed by atoms with Crippen LogP contribution in [0.25, 0.3) is 0 Å². The van der Waals surface area contributed by atoms with Gasteiger partial charge in [-0.3, -0.25) is 14.9 Å². The summed E-state index contributed by atoms with van der Waals surface area (Å²) in [5, 5.41) is 22.4. The summed E-state index contributed by atoms with van der Waals surface area (Å²) in [7, 11) is 0. The SMILES string of the molecule is CC1CCN(c2ccc(C(=O)NCCOCC(=O)O)cc2[N+](=O)[O-])CC1. The number of piperidine rings is 1. The summed E-state index contributed by atoms with van der Waals surface area (Å²) in [6, 6.07) is 4.46. The van der Waals surface area contributed by atoms with E-state index in [2.05, 4.69) is 12.2 Å². The van der Waals surface area contributed by atoms with Gasteiger partial charge < -0.3 is 20.1 Å². The number of aliphatic carboxylic acids is 1. The number of anilines is 1. The largest absolute Gasteiger partial charge is 0.480 e. The van der Waals surface area contributed by atoms with E-state index in [1.807, 2.05) is 4.90 Å². The molecule has 0 radical (unpaired) electrons. The van der Waals surface area contributed by atoms with E-state index in [0.717, 1.165) is 25.9 Å². The Morgan fingerprint density at radius 3 is 2.69 bits per heavy atom. The molecule has 9 nitrogen and oxygen atoms in total. The highest BCUT2D eigenvalue weighted by Crippen LogP contribution is 2.32. The van der Waals surface area contributed by atoms with Crippen LogP contribution in [-0.4, -0.2) is 54.8 Å². The molecule has 1 aliphatic heterocycles. The standard InChI is InChI=1S/C17H23N3O6/c1-12-4-7-19(8-5-12)14-3-2-13(10-15(14)20(24)25)17(23)18-6-9-26-11-16(21)22/h2-3,10,12H,4-9,11H2,1H3,(H,18,23)(H,21,22). The van der Waals surface area contributed by atoms with Crippen LogP contribution in [-0.2, 0) is 9.53 Å². The number of rotatable bonds is 8. The number of benzene rings is 1. The van der Waals surface area contributed by atoms with Crippen LogP contribution in [0.5, 0.6) is 0 Å². The van der Waals surface area contributed by atoms with E-state index in [4.69, 9.17) is 9.84 Å². The highest BCUT2D eigenvalue weighted by Gasteiger charge is 2.24. The van der Waals surface area contributed by atoms with Gasteiger partial charge in [0.2, 0.25) is 0 Å². The quantitative estimate of drug-likeness (QED) is 0.408. The number of ether oxygens (including phenoxy) is 1. The van der Waals surface area contributed by atoms with Crippen LogP contribution < -0.4 is 10.2 Å². The van der Waals surface area contributed by atoms with Gasteiger partial charge in [0.25, 0.3) is 11.6 Å². The second-order valence-corrected chi connectivity index (χ2v) is 6.33. The van der Waals surface area contributed by atoms with Crippen LogP contribution in [0.4, 0.5) is 11.4 Å².